The highest BCUT2D eigenvalue weighted by molar-refractivity contribution is 7.99. The molecule has 0 aliphatic heterocycles. The molecule has 0 aliphatic rings. The van der Waals surface area contributed by atoms with Gasteiger partial charge < -0.3 is 0 Å². The van der Waals surface area contributed by atoms with Gasteiger partial charge in [0.15, 0.2) is 5.16 Å². The van der Waals surface area contributed by atoms with Crippen molar-refractivity contribution in [3.8, 4) is 0 Å². The van der Waals surface area contributed by atoms with E-state index in [1.165, 1.54) is 16.3 Å². The van der Waals surface area contributed by atoms with Crippen LogP contribution >= 0.6 is 11.8 Å². The average molecular weight is 289 g/mol. The van der Waals surface area contributed by atoms with Crippen LogP contribution in [0.15, 0.2) is 39.2 Å². The third-order valence-corrected chi connectivity index (χ3v) is 3.78. The highest BCUT2D eigenvalue weighted by Gasteiger charge is 2.12. The monoisotopic (exact) mass is 289 g/mol. The van der Waals surface area contributed by atoms with Gasteiger partial charge in [-0.3, -0.25) is 9.99 Å². The molecule has 1 aromatic carbocycles. The van der Waals surface area contributed by atoms with Crippen LogP contribution < -0.4 is 17.0 Å². The summed E-state index contributed by atoms with van der Waals surface area (Å²) < 4.78 is 1.41. The number of nitrogen functional groups attached to an aromatic ring is 1. The van der Waals surface area contributed by atoms with Crippen LogP contribution in [0, 0.1) is 0 Å². The fraction of sp³-hybridized carbons (Fsp3) is 0.0909. The summed E-state index contributed by atoms with van der Waals surface area (Å²) in [7, 11) is 1.64. The van der Waals surface area contributed by atoms with E-state index in [2.05, 4.69) is 25.6 Å². The second kappa shape index (κ2) is 4.94. The number of hydrazine groups is 1. The summed E-state index contributed by atoms with van der Waals surface area (Å²) in [5.41, 5.74) is 2.92. The molecular formula is C11H11N7OS. The Balaban J connectivity index is 2.14. The number of aromatic amines is 1. The first-order chi connectivity index (χ1) is 9.69. The molecule has 4 N–H and O–H groups in total. The summed E-state index contributed by atoms with van der Waals surface area (Å²) in [6.45, 7) is 0. The van der Waals surface area contributed by atoms with E-state index in [9.17, 15) is 4.79 Å². The molecule has 0 unspecified atom stereocenters. The molecule has 8 nitrogen and oxygen atoms in total. The van der Waals surface area contributed by atoms with Crippen molar-refractivity contribution in [3.05, 3.63) is 34.7 Å². The number of nitrogens with one attached hydrogen (secondary N) is 2. The largest absolute Gasteiger partial charge is 0.343 e. The van der Waals surface area contributed by atoms with Crippen molar-refractivity contribution >= 4 is 28.6 Å². The van der Waals surface area contributed by atoms with Crippen LogP contribution in [-0.2, 0) is 7.05 Å². The fourth-order valence-electron chi connectivity index (χ4n) is 1.70. The standard InChI is InChI=1S/C11H11N7OS/c1-18-10(19)16-17-11(18)20-8-6-4-2-3-5-7(6)13-9(14-8)15-12/h2-5H,12H2,1H3,(H,16,19)(H,13,14,15). The molecule has 0 atom stereocenters. The maximum atomic E-state index is 11.4. The predicted molar refractivity (Wildman–Crippen MR) is 75.3 cm³/mol. The average Bonchev–Trinajstić information content (AvgIpc) is 2.79. The first-order valence-corrected chi connectivity index (χ1v) is 6.53. The zero-order chi connectivity index (χ0) is 14.1. The van der Waals surface area contributed by atoms with Gasteiger partial charge in [0.25, 0.3) is 0 Å². The van der Waals surface area contributed by atoms with E-state index in [1.54, 1.807) is 7.05 Å². The van der Waals surface area contributed by atoms with E-state index in [-0.39, 0.29) is 5.69 Å². The number of hydrogen-bond donors (Lipinski definition) is 3. The van der Waals surface area contributed by atoms with Gasteiger partial charge in [-0.05, 0) is 17.8 Å². The number of fused-ring (bicyclic) bond motifs is 1. The van der Waals surface area contributed by atoms with E-state index < -0.39 is 0 Å². The minimum absolute atomic E-state index is 0.275. The predicted octanol–water partition coefficient (Wildman–Crippen LogP) is 0.488. The number of benzene rings is 1. The smallest absolute Gasteiger partial charge is 0.292 e. The van der Waals surface area contributed by atoms with Crippen LogP contribution in [0.3, 0.4) is 0 Å². The van der Waals surface area contributed by atoms with Crippen molar-refractivity contribution in [2.75, 3.05) is 5.43 Å². The van der Waals surface area contributed by atoms with E-state index >= 15 is 0 Å². The number of anilines is 1. The Morgan fingerprint density at radius 2 is 2.15 bits per heavy atom. The maximum absolute atomic E-state index is 11.4. The normalized spacial score (nSPS) is 10.9. The van der Waals surface area contributed by atoms with Crippen LogP contribution in [0.25, 0.3) is 10.9 Å². The number of nitrogens with two attached hydrogens (primary N) is 1. The molecule has 3 aromatic rings. The number of hydrogen-bond acceptors (Lipinski definition) is 7. The van der Waals surface area contributed by atoms with Crippen molar-refractivity contribution in [3.63, 3.8) is 0 Å². The summed E-state index contributed by atoms with van der Waals surface area (Å²) in [6.07, 6.45) is 0. The van der Waals surface area contributed by atoms with Gasteiger partial charge in [0.1, 0.15) is 5.03 Å². The lowest BCUT2D eigenvalue weighted by atomic mass is 10.2. The van der Waals surface area contributed by atoms with Gasteiger partial charge in [0, 0.05) is 12.4 Å². The van der Waals surface area contributed by atoms with Crippen LogP contribution in [0.2, 0.25) is 0 Å². The van der Waals surface area contributed by atoms with Crippen molar-refractivity contribution in [2.24, 2.45) is 12.9 Å². The molecule has 2 aromatic heterocycles. The Hall–Kier alpha value is -2.39. The molecule has 0 bridgehead atoms. The summed E-state index contributed by atoms with van der Waals surface area (Å²) in [6, 6.07) is 7.55. The van der Waals surface area contributed by atoms with E-state index in [0.717, 1.165) is 10.9 Å². The Morgan fingerprint density at radius 3 is 2.85 bits per heavy atom. The van der Waals surface area contributed by atoms with E-state index in [0.29, 0.717) is 16.1 Å². The fourth-order valence-corrected chi connectivity index (χ4v) is 2.60. The molecule has 0 aliphatic carbocycles. The van der Waals surface area contributed by atoms with Gasteiger partial charge in [-0.1, -0.05) is 18.2 Å². The summed E-state index contributed by atoms with van der Waals surface area (Å²) in [4.78, 5) is 20.0. The van der Waals surface area contributed by atoms with Crippen LogP contribution in [0.5, 0.6) is 0 Å². The molecule has 0 saturated heterocycles. The van der Waals surface area contributed by atoms with E-state index in [1.807, 2.05) is 24.3 Å². The highest BCUT2D eigenvalue weighted by Crippen LogP contribution is 2.30. The molecule has 20 heavy (non-hydrogen) atoms. The minimum Gasteiger partial charge on any atom is -0.292 e. The topological polar surface area (TPSA) is 115 Å². The quantitative estimate of drug-likeness (QED) is 0.365. The number of aromatic nitrogens is 5. The Kier molecular flexibility index (Phi) is 3.12. The summed E-state index contributed by atoms with van der Waals surface area (Å²) in [5, 5.41) is 8.39. The zero-order valence-corrected chi connectivity index (χ0v) is 11.3. The number of H-pyrrole nitrogens is 1. The molecule has 0 saturated carbocycles. The molecular weight excluding hydrogens is 278 g/mol. The van der Waals surface area contributed by atoms with Crippen molar-refractivity contribution in [1.29, 1.82) is 0 Å². The third-order valence-electron chi connectivity index (χ3n) is 2.72. The molecule has 0 radical (unpaired) electrons. The zero-order valence-electron chi connectivity index (χ0n) is 10.5. The minimum atomic E-state index is -0.275. The van der Waals surface area contributed by atoms with Gasteiger partial charge in [-0.15, -0.1) is 5.10 Å². The van der Waals surface area contributed by atoms with Crippen molar-refractivity contribution in [1.82, 2.24) is 24.7 Å². The second-order valence-electron chi connectivity index (χ2n) is 3.99. The first kappa shape index (κ1) is 12.6. The first-order valence-electron chi connectivity index (χ1n) is 5.71. The lowest BCUT2D eigenvalue weighted by Gasteiger charge is -2.06. The second-order valence-corrected chi connectivity index (χ2v) is 4.94. The lowest BCUT2D eigenvalue weighted by Crippen LogP contribution is -2.13. The summed E-state index contributed by atoms with van der Waals surface area (Å²) in [5.74, 6) is 5.69. The highest BCUT2D eigenvalue weighted by atomic mass is 32.2. The van der Waals surface area contributed by atoms with Crippen molar-refractivity contribution < 1.29 is 0 Å². The SMILES string of the molecule is Cn1c(Sc2nc(NN)nc3ccccc23)n[nH]c1=O. The Bertz CT molecular complexity index is 825. The number of rotatable bonds is 3. The van der Waals surface area contributed by atoms with Gasteiger partial charge in [0.2, 0.25) is 5.95 Å². The molecule has 0 fully saturated rings. The van der Waals surface area contributed by atoms with Crippen LogP contribution in [-0.4, -0.2) is 24.7 Å². The Labute approximate surface area is 117 Å². The molecule has 2 heterocycles. The molecule has 0 spiro atoms. The van der Waals surface area contributed by atoms with Gasteiger partial charge in [-0.2, -0.15) is 0 Å². The van der Waals surface area contributed by atoms with Gasteiger partial charge >= 0.3 is 5.69 Å². The molecule has 0 amide bonds. The number of nitrogens with zero attached hydrogens (tertiary/aromatic N) is 4. The van der Waals surface area contributed by atoms with Gasteiger partial charge in [-0.25, -0.2) is 25.7 Å². The molecule has 3 rings (SSSR count). The van der Waals surface area contributed by atoms with Crippen LogP contribution in [0.1, 0.15) is 0 Å². The molecule has 9 heteroatoms. The Morgan fingerprint density at radius 1 is 1.35 bits per heavy atom. The molecule has 102 valence electrons. The lowest BCUT2D eigenvalue weighted by molar-refractivity contribution is 0.765. The maximum Gasteiger partial charge on any atom is 0.343 e. The van der Waals surface area contributed by atoms with Crippen LogP contribution in [0.4, 0.5) is 5.95 Å². The van der Waals surface area contributed by atoms with Gasteiger partial charge in [0.05, 0.1) is 5.52 Å². The van der Waals surface area contributed by atoms with Crippen molar-refractivity contribution in [2.45, 2.75) is 10.2 Å². The summed E-state index contributed by atoms with van der Waals surface area (Å²) >= 11 is 1.27. The number of para-hydroxylation sites is 1. The van der Waals surface area contributed by atoms with E-state index in [4.69, 9.17) is 5.84 Å². The third kappa shape index (κ3) is 2.12.